The molecule has 2 aromatic rings. The largest absolute Gasteiger partial charge is 0.490 e. The molecule has 2 rings (SSSR count). The molecule has 1 heterocycles. The van der Waals surface area contributed by atoms with Crippen molar-refractivity contribution in [3.8, 4) is 5.75 Å². The lowest BCUT2D eigenvalue weighted by Crippen LogP contribution is -2.17. The van der Waals surface area contributed by atoms with E-state index in [0.29, 0.717) is 11.4 Å². The van der Waals surface area contributed by atoms with Gasteiger partial charge >= 0.3 is 11.5 Å². The van der Waals surface area contributed by atoms with E-state index in [-0.39, 0.29) is 41.2 Å². The summed E-state index contributed by atoms with van der Waals surface area (Å²) in [6.45, 7) is 1.85. The molecule has 11 nitrogen and oxygen atoms in total. The summed E-state index contributed by atoms with van der Waals surface area (Å²) in [7, 11) is 2.78. The third kappa shape index (κ3) is 4.97. The molecule has 0 fully saturated rings. The van der Waals surface area contributed by atoms with Crippen LogP contribution in [0.4, 0.5) is 11.5 Å². The molecule has 152 valence electrons. The van der Waals surface area contributed by atoms with Gasteiger partial charge in [-0.2, -0.15) is 0 Å². The van der Waals surface area contributed by atoms with Gasteiger partial charge in [0.2, 0.25) is 5.82 Å². The fourth-order valence-corrected chi connectivity index (χ4v) is 3.60. The minimum atomic E-state index is -0.805. The number of thioether (sulfide) groups is 1. The van der Waals surface area contributed by atoms with E-state index in [4.69, 9.17) is 9.47 Å². The first-order valence-electron chi connectivity index (χ1n) is 8.11. The SMILES string of the molecule is COC[C@@H](O)CSc1c([N+](=O)[O-])nc(C)n1Cc1ccc(OC)c([N+](=O)[O-])c1. The number of nitro benzene ring substituents is 1. The number of hydrogen-bond acceptors (Lipinski definition) is 9. The second-order valence-corrected chi connectivity index (χ2v) is 6.82. The van der Waals surface area contributed by atoms with Crippen LogP contribution in [0.5, 0.6) is 5.75 Å². The zero-order chi connectivity index (χ0) is 20.8. The van der Waals surface area contributed by atoms with Crippen LogP contribution < -0.4 is 4.74 Å². The zero-order valence-corrected chi connectivity index (χ0v) is 16.3. The number of aryl methyl sites for hydroxylation is 1. The Morgan fingerprint density at radius 1 is 1.29 bits per heavy atom. The molecule has 0 aliphatic rings. The van der Waals surface area contributed by atoms with Crippen molar-refractivity contribution in [3.05, 3.63) is 49.8 Å². The van der Waals surface area contributed by atoms with Crippen molar-refractivity contribution in [1.82, 2.24) is 9.55 Å². The maximum atomic E-state index is 11.4. The van der Waals surface area contributed by atoms with Gasteiger partial charge in [-0.05, 0) is 21.5 Å². The topological polar surface area (TPSA) is 143 Å². The third-order valence-corrected chi connectivity index (χ3v) is 5.05. The molecule has 0 saturated carbocycles. The highest BCUT2D eigenvalue weighted by atomic mass is 32.2. The lowest BCUT2D eigenvalue weighted by Gasteiger charge is -2.11. The van der Waals surface area contributed by atoms with E-state index in [1.165, 1.54) is 26.4 Å². The minimum Gasteiger partial charge on any atom is -0.490 e. The molecule has 0 spiro atoms. The molecule has 12 heteroatoms. The van der Waals surface area contributed by atoms with Crippen molar-refractivity contribution in [3.63, 3.8) is 0 Å². The first kappa shape index (κ1) is 21.6. The van der Waals surface area contributed by atoms with Crippen molar-refractivity contribution >= 4 is 23.3 Å². The first-order valence-corrected chi connectivity index (χ1v) is 9.09. The molecule has 0 aliphatic heterocycles. The highest BCUT2D eigenvalue weighted by molar-refractivity contribution is 7.99. The number of nitrogens with zero attached hydrogens (tertiary/aromatic N) is 4. The van der Waals surface area contributed by atoms with E-state index >= 15 is 0 Å². The van der Waals surface area contributed by atoms with Crippen LogP contribution >= 0.6 is 11.8 Å². The maximum absolute atomic E-state index is 11.4. The number of aliphatic hydroxyl groups is 1. The van der Waals surface area contributed by atoms with Crippen molar-refractivity contribution in [1.29, 1.82) is 0 Å². The summed E-state index contributed by atoms with van der Waals surface area (Å²) in [4.78, 5) is 25.4. The normalized spacial score (nSPS) is 12.0. The van der Waals surface area contributed by atoms with Crippen molar-refractivity contribution in [2.24, 2.45) is 0 Å². The number of nitro groups is 2. The first-order chi connectivity index (χ1) is 13.3. The summed E-state index contributed by atoms with van der Waals surface area (Å²) < 4.78 is 11.4. The van der Waals surface area contributed by atoms with Crippen LogP contribution in [0.3, 0.4) is 0 Å². The van der Waals surface area contributed by atoms with Crippen molar-refractivity contribution in [2.75, 3.05) is 26.6 Å². The summed E-state index contributed by atoms with van der Waals surface area (Å²) in [5.41, 5.74) is 0.360. The summed E-state index contributed by atoms with van der Waals surface area (Å²) in [6.07, 6.45) is -0.805. The number of ether oxygens (including phenoxy) is 2. The van der Waals surface area contributed by atoms with E-state index in [1.54, 1.807) is 17.6 Å². The van der Waals surface area contributed by atoms with Gasteiger partial charge in [0.05, 0.1) is 31.3 Å². The Balaban J connectivity index is 2.38. The molecule has 1 atom stereocenters. The quantitative estimate of drug-likeness (QED) is 0.353. The van der Waals surface area contributed by atoms with Gasteiger partial charge in [-0.25, -0.2) is 0 Å². The van der Waals surface area contributed by atoms with Gasteiger partial charge in [-0.15, -0.1) is 0 Å². The van der Waals surface area contributed by atoms with E-state index in [9.17, 15) is 25.3 Å². The molecule has 0 saturated heterocycles. The number of rotatable bonds is 10. The highest BCUT2D eigenvalue weighted by Gasteiger charge is 2.27. The van der Waals surface area contributed by atoms with Gasteiger partial charge < -0.3 is 24.7 Å². The average Bonchev–Trinajstić information content (AvgIpc) is 2.96. The Kier molecular flexibility index (Phi) is 7.31. The summed E-state index contributed by atoms with van der Waals surface area (Å²) in [5, 5.41) is 32.7. The van der Waals surface area contributed by atoms with Gasteiger partial charge in [-0.1, -0.05) is 17.8 Å². The van der Waals surface area contributed by atoms with Crippen molar-refractivity contribution < 1.29 is 24.4 Å². The number of imidazole rings is 1. The Morgan fingerprint density at radius 2 is 2.00 bits per heavy atom. The average molecular weight is 412 g/mol. The number of hydrogen-bond donors (Lipinski definition) is 1. The van der Waals surface area contributed by atoms with Crippen LogP contribution in [0.2, 0.25) is 0 Å². The standard InChI is InChI=1S/C16H20N4O7S/c1-10-17-15(20(24)25)16(28-9-12(21)8-26-2)18(10)7-11-4-5-14(27-3)13(6-11)19(22)23/h4-6,12,21H,7-9H2,1-3H3/t12-/m1/s1. The lowest BCUT2D eigenvalue weighted by atomic mass is 10.2. The van der Waals surface area contributed by atoms with Crippen LogP contribution in [-0.4, -0.2) is 57.2 Å². The molecule has 1 N–H and O–H groups in total. The molecule has 1 aromatic heterocycles. The van der Waals surface area contributed by atoms with Gasteiger partial charge in [-0.3, -0.25) is 14.7 Å². The van der Waals surface area contributed by atoms with Crippen LogP contribution in [-0.2, 0) is 11.3 Å². The van der Waals surface area contributed by atoms with Crippen LogP contribution in [0.25, 0.3) is 0 Å². The molecule has 0 radical (unpaired) electrons. The number of benzene rings is 1. The van der Waals surface area contributed by atoms with E-state index in [2.05, 4.69) is 4.98 Å². The monoisotopic (exact) mass is 412 g/mol. The molecular formula is C16H20N4O7S. The predicted molar refractivity (Wildman–Crippen MR) is 101 cm³/mol. The fourth-order valence-electron chi connectivity index (χ4n) is 2.55. The van der Waals surface area contributed by atoms with E-state index in [0.717, 1.165) is 11.8 Å². The smallest absolute Gasteiger partial charge is 0.396 e. The number of methoxy groups -OCH3 is 2. The Labute approximate surface area is 164 Å². The molecule has 0 unspecified atom stereocenters. The van der Waals surface area contributed by atoms with Gasteiger partial charge in [0, 0.05) is 25.9 Å². The third-order valence-electron chi connectivity index (χ3n) is 3.82. The summed E-state index contributed by atoms with van der Waals surface area (Å²) in [5.74, 6) is 0.353. The van der Waals surface area contributed by atoms with Gasteiger partial charge in [0.1, 0.15) is 0 Å². The molecule has 0 amide bonds. The molecule has 28 heavy (non-hydrogen) atoms. The maximum Gasteiger partial charge on any atom is 0.396 e. The Morgan fingerprint density at radius 3 is 2.57 bits per heavy atom. The number of aromatic nitrogens is 2. The zero-order valence-electron chi connectivity index (χ0n) is 15.5. The van der Waals surface area contributed by atoms with Crippen LogP contribution in [0.1, 0.15) is 11.4 Å². The van der Waals surface area contributed by atoms with Crippen molar-refractivity contribution in [2.45, 2.75) is 24.6 Å². The van der Waals surface area contributed by atoms with E-state index in [1.807, 2.05) is 0 Å². The highest BCUT2D eigenvalue weighted by Crippen LogP contribution is 2.33. The summed E-state index contributed by atoms with van der Waals surface area (Å²) in [6, 6.07) is 4.48. The Bertz CT molecular complexity index is 871. The van der Waals surface area contributed by atoms with Crippen LogP contribution in [0, 0.1) is 27.2 Å². The second kappa shape index (κ2) is 9.48. The predicted octanol–water partition coefficient (Wildman–Crippen LogP) is 2.16. The molecule has 0 aliphatic carbocycles. The molecule has 1 aromatic carbocycles. The Hall–Kier alpha value is -2.70. The second-order valence-electron chi connectivity index (χ2n) is 5.81. The van der Waals surface area contributed by atoms with Gasteiger partial charge in [0.25, 0.3) is 0 Å². The molecule has 0 bridgehead atoms. The molecular weight excluding hydrogens is 392 g/mol. The van der Waals surface area contributed by atoms with Gasteiger partial charge in [0.15, 0.2) is 10.8 Å². The summed E-state index contributed by atoms with van der Waals surface area (Å²) >= 11 is 1.08. The fraction of sp³-hybridized carbons (Fsp3) is 0.438. The number of aliphatic hydroxyl groups excluding tert-OH is 1. The minimum absolute atomic E-state index is 0.0958. The van der Waals surface area contributed by atoms with E-state index < -0.39 is 16.0 Å². The van der Waals surface area contributed by atoms with Crippen LogP contribution in [0.15, 0.2) is 23.2 Å². The lowest BCUT2D eigenvalue weighted by molar-refractivity contribution is -0.392.